The molecule has 0 saturated carbocycles. The van der Waals surface area contributed by atoms with Gasteiger partial charge in [-0.15, -0.1) is 0 Å². The first-order valence-electron chi connectivity index (χ1n) is 6.51. The number of benzene rings is 2. The van der Waals surface area contributed by atoms with Gasteiger partial charge in [0.25, 0.3) is 5.91 Å². The van der Waals surface area contributed by atoms with Crippen molar-refractivity contribution >= 4 is 46.4 Å². The summed E-state index contributed by atoms with van der Waals surface area (Å²) in [6.07, 6.45) is 0. The lowest BCUT2D eigenvalue weighted by atomic mass is 10.1. The van der Waals surface area contributed by atoms with Crippen LogP contribution in [0.25, 0.3) is 0 Å². The first kappa shape index (κ1) is 16.9. The van der Waals surface area contributed by atoms with Crippen molar-refractivity contribution in [2.75, 3.05) is 11.9 Å². The number of rotatable bonds is 4. The van der Waals surface area contributed by atoms with Crippen molar-refractivity contribution < 1.29 is 9.53 Å². The maximum atomic E-state index is 11.9. The van der Waals surface area contributed by atoms with E-state index in [2.05, 4.69) is 5.32 Å². The first-order chi connectivity index (χ1) is 10.4. The molecule has 0 saturated heterocycles. The van der Waals surface area contributed by atoms with Gasteiger partial charge in [-0.1, -0.05) is 40.9 Å². The number of carbonyl (C=O) groups excluding carboxylic acids is 1. The molecule has 0 bridgehead atoms. The van der Waals surface area contributed by atoms with Gasteiger partial charge in [0.1, 0.15) is 5.75 Å². The van der Waals surface area contributed by atoms with Crippen LogP contribution >= 0.6 is 34.8 Å². The van der Waals surface area contributed by atoms with E-state index in [9.17, 15) is 4.79 Å². The second kappa shape index (κ2) is 7.23. The predicted molar refractivity (Wildman–Crippen MR) is 91.5 cm³/mol. The van der Waals surface area contributed by atoms with Gasteiger partial charge in [-0.25, -0.2) is 0 Å². The normalized spacial score (nSPS) is 10.4. The van der Waals surface area contributed by atoms with Crippen LogP contribution in [-0.2, 0) is 4.79 Å². The molecule has 0 aliphatic heterocycles. The van der Waals surface area contributed by atoms with Gasteiger partial charge in [-0.3, -0.25) is 4.79 Å². The average Bonchev–Trinajstić information content (AvgIpc) is 2.46. The number of aryl methyl sites for hydroxylation is 2. The number of ether oxygens (including phenoxy) is 1. The van der Waals surface area contributed by atoms with E-state index in [1.54, 1.807) is 0 Å². The Morgan fingerprint density at radius 2 is 1.68 bits per heavy atom. The standard InChI is InChI=1S/C16H14Cl3NO2/c1-9-3-4-11(5-10(9)2)22-8-16(21)20-15-7-13(18)12(17)6-14(15)19/h3-7H,8H2,1-2H3,(H,20,21). The third-order valence-corrected chi connectivity index (χ3v) is 4.17. The summed E-state index contributed by atoms with van der Waals surface area (Å²) in [4.78, 5) is 11.9. The molecular formula is C16H14Cl3NO2. The van der Waals surface area contributed by atoms with E-state index in [4.69, 9.17) is 39.5 Å². The number of carbonyl (C=O) groups is 1. The number of amides is 1. The van der Waals surface area contributed by atoms with E-state index < -0.39 is 0 Å². The molecule has 0 aliphatic carbocycles. The molecule has 1 amide bonds. The Morgan fingerprint density at radius 1 is 1.00 bits per heavy atom. The largest absolute Gasteiger partial charge is 0.484 e. The summed E-state index contributed by atoms with van der Waals surface area (Å²) in [5.74, 6) is 0.303. The van der Waals surface area contributed by atoms with Gasteiger partial charge >= 0.3 is 0 Å². The van der Waals surface area contributed by atoms with Crippen molar-refractivity contribution in [3.05, 3.63) is 56.5 Å². The number of anilines is 1. The van der Waals surface area contributed by atoms with E-state index in [1.807, 2.05) is 32.0 Å². The van der Waals surface area contributed by atoms with E-state index >= 15 is 0 Å². The van der Waals surface area contributed by atoms with Crippen LogP contribution in [-0.4, -0.2) is 12.5 Å². The van der Waals surface area contributed by atoms with Crippen molar-refractivity contribution in [3.8, 4) is 5.75 Å². The smallest absolute Gasteiger partial charge is 0.262 e. The molecule has 0 fully saturated rings. The topological polar surface area (TPSA) is 38.3 Å². The number of halogens is 3. The molecule has 0 aromatic heterocycles. The number of hydrogen-bond acceptors (Lipinski definition) is 2. The highest BCUT2D eigenvalue weighted by Gasteiger charge is 2.10. The van der Waals surface area contributed by atoms with Crippen molar-refractivity contribution in [1.29, 1.82) is 0 Å². The molecule has 22 heavy (non-hydrogen) atoms. The highest BCUT2D eigenvalue weighted by atomic mass is 35.5. The third kappa shape index (κ3) is 4.29. The summed E-state index contributed by atoms with van der Waals surface area (Å²) in [6, 6.07) is 8.63. The van der Waals surface area contributed by atoms with Gasteiger partial charge in [0.05, 0.1) is 20.8 Å². The van der Waals surface area contributed by atoms with Crippen LogP contribution < -0.4 is 10.1 Å². The summed E-state index contributed by atoms with van der Waals surface area (Å²) in [5, 5.41) is 3.60. The van der Waals surface area contributed by atoms with Crippen molar-refractivity contribution in [3.63, 3.8) is 0 Å². The van der Waals surface area contributed by atoms with Gasteiger partial charge in [0, 0.05) is 0 Å². The van der Waals surface area contributed by atoms with Crippen LogP contribution in [0.1, 0.15) is 11.1 Å². The van der Waals surface area contributed by atoms with E-state index in [-0.39, 0.29) is 12.5 Å². The fourth-order valence-corrected chi connectivity index (χ4v) is 2.35. The Morgan fingerprint density at radius 3 is 2.36 bits per heavy atom. The fraction of sp³-hybridized carbons (Fsp3) is 0.188. The molecule has 3 nitrogen and oxygen atoms in total. The van der Waals surface area contributed by atoms with Crippen LogP contribution in [0.15, 0.2) is 30.3 Å². The molecule has 0 unspecified atom stereocenters. The highest BCUT2D eigenvalue weighted by Crippen LogP contribution is 2.32. The zero-order valence-electron chi connectivity index (χ0n) is 12.0. The number of hydrogen-bond donors (Lipinski definition) is 1. The molecule has 116 valence electrons. The average molecular weight is 359 g/mol. The maximum absolute atomic E-state index is 11.9. The van der Waals surface area contributed by atoms with Crippen LogP contribution in [0, 0.1) is 13.8 Å². The van der Waals surface area contributed by atoms with Crippen molar-refractivity contribution in [2.24, 2.45) is 0 Å². The maximum Gasteiger partial charge on any atom is 0.262 e. The lowest BCUT2D eigenvalue weighted by molar-refractivity contribution is -0.118. The van der Waals surface area contributed by atoms with Crippen molar-refractivity contribution in [2.45, 2.75) is 13.8 Å². The summed E-state index contributed by atoms with van der Waals surface area (Å²) >= 11 is 17.7. The Hall–Kier alpha value is -1.42. The van der Waals surface area contributed by atoms with Crippen LogP contribution in [0.5, 0.6) is 5.75 Å². The van der Waals surface area contributed by atoms with E-state index in [1.165, 1.54) is 17.7 Å². The molecule has 0 atom stereocenters. The molecule has 2 rings (SSSR count). The Labute approximate surface area is 144 Å². The molecule has 0 spiro atoms. The summed E-state index contributed by atoms with van der Waals surface area (Å²) < 4.78 is 5.46. The summed E-state index contributed by atoms with van der Waals surface area (Å²) in [5.41, 5.74) is 2.66. The van der Waals surface area contributed by atoms with Gasteiger partial charge in [0.2, 0.25) is 0 Å². The van der Waals surface area contributed by atoms with Gasteiger partial charge in [-0.2, -0.15) is 0 Å². The second-order valence-corrected chi connectivity index (χ2v) is 6.05. The molecular weight excluding hydrogens is 345 g/mol. The van der Waals surface area contributed by atoms with E-state index in [0.717, 1.165) is 5.56 Å². The Kier molecular flexibility index (Phi) is 5.57. The second-order valence-electron chi connectivity index (χ2n) is 4.83. The minimum Gasteiger partial charge on any atom is -0.484 e. The third-order valence-electron chi connectivity index (χ3n) is 3.13. The van der Waals surface area contributed by atoms with Crippen LogP contribution in [0.3, 0.4) is 0 Å². The zero-order chi connectivity index (χ0) is 16.3. The van der Waals surface area contributed by atoms with Gasteiger partial charge in [0.15, 0.2) is 6.61 Å². The van der Waals surface area contributed by atoms with Gasteiger partial charge in [-0.05, 0) is 49.2 Å². The minimum absolute atomic E-state index is 0.126. The Bertz CT molecular complexity index is 717. The highest BCUT2D eigenvalue weighted by molar-refractivity contribution is 6.44. The monoisotopic (exact) mass is 357 g/mol. The van der Waals surface area contributed by atoms with E-state index in [0.29, 0.717) is 26.5 Å². The molecule has 6 heteroatoms. The SMILES string of the molecule is Cc1ccc(OCC(=O)Nc2cc(Cl)c(Cl)cc2Cl)cc1C. The van der Waals surface area contributed by atoms with Crippen LogP contribution in [0.2, 0.25) is 15.1 Å². The predicted octanol–water partition coefficient (Wildman–Crippen LogP) is 5.28. The molecule has 2 aromatic rings. The fourth-order valence-electron chi connectivity index (χ4n) is 1.76. The van der Waals surface area contributed by atoms with Crippen molar-refractivity contribution in [1.82, 2.24) is 0 Å². The summed E-state index contributed by atoms with van der Waals surface area (Å²) in [6.45, 7) is 3.87. The first-order valence-corrected chi connectivity index (χ1v) is 7.64. The van der Waals surface area contributed by atoms with Crippen LogP contribution in [0.4, 0.5) is 5.69 Å². The lowest BCUT2D eigenvalue weighted by Gasteiger charge is -2.10. The molecule has 0 heterocycles. The molecule has 0 radical (unpaired) electrons. The zero-order valence-corrected chi connectivity index (χ0v) is 14.3. The summed E-state index contributed by atoms with van der Waals surface area (Å²) in [7, 11) is 0. The lowest BCUT2D eigenvalue weighted by Crippen LogP contribution is -2.20. The molecule has 2 aromatic carbocycles. The quantitative estimate of drug-likeness (QED) is 0.755. The van der Waals surface area contributed by atoms with Gasteiger partial charge < -0.3 is 10.1 Å². The molecule has 0 aliphatic rings. The molecule has 1 N–H and O–H groups in total. The minimum atomic E-state index is -0.335. The Balaban J connectivity index is 1.98. The number of nitrogens with one attached hydrogen (secondary N) is 1.